The van der Waals surface area contributed by atoms with Crippen molar-refractivity contribution in [3.63, 3.8) is 0 Å². The summed E-state index contributed by atoms with van der Waals surface area (Å²) in [4.78, 5) is 13.4. The lowest BCUT2D eigenvalue weighted by atomic mass is 10.2. The molecular weight excluding hydrogens is 273 g/mol. The molecule has 20 heavy (non-hydrogen) atoms. The SMILES string of the molecule is CC.CCCC=O.NONc1ccc(C(F)(F)F)cc1. The fourth-order valence-corrected chi connectivity index (χ4v) is 0.913. The molecule has 0 radical (unpaired) electrons. The first-order chi connectivity index (χ1) is 9.45. The van der Waals surface area contributed by atoms with Crippen molar-refractivity contribution in [2.45, 2.75) is 39.8 Å². The highest BCUT2D eigenvalue weighted by Gasteiger charge is 2.29. The van der Waals surface area contributed by atoms with Crippen molar-refractivity contribution in [3.05, 3.63) is 29.8 Å². The smallest absolute Gasteiger partial charge is 0.303 e. The molecule has 0 heterocycles. The van der Waals surface area contributed by atoms with Crippen LogP contribution in [0.15, 0.2) is 24.3 Å². The summed E-state index contributed by atoms with van der Waals surface area (Å²) in [6.45, 7) is 5.98. The minimum Gasteiger partial charge on any atom is -0.303 e. The highest BCUT2D eigenvalue weighted by Crippen LogP contribution is 2.29. The summed E-state index contributed by atoms with van der Waals surface area (Å²) in [6.07, 6.45) is -1.70. The van der Waals surface area contributed by atoms with E-state index in [9.17, 15) is 18.0 Å². The number of carbonyl (C=O) groups is 1. The van der Waals surface area contributed by atoms with Crippen LogP contribution in [-0.4, -0.2) is 6.29 Å². The van der Waals surface area contributed by atoms with Crippen LogP contribution in [0.5, 0.6) is 0 Å². The first kappa shape index (κ1) is 20.7. The van der Waals surface area contributed by atoms with Crippen molar-refractivity contribution in [3.8, 4) is 0 Å². The second-order valence-electron chi connectivity index (χ2n) is 3.25. The van der Waals surface area contributed by atoms with Gasteiger partial charge in [-0.15, -0.1) is 0 Å². The minimum atomic E-state index is -4.32. The normalized spacial score (nSPS) is 9.55. The molecule has 0 aliphatic carbocycles. The number of nitrogens with one attached hydrogen (secondary N) is 1. The van der Waals surface area contributed by atoms with Crippen LogP contribution in [0.3, 0.4) is 0 Å². The maximum absolute atomic E-state index is 12.0. The van der Waals surface area contributed by atoms with Crippen LogP contribution in [0.25, 0.3) is 0 Å². The second-order valence-corrected chi connectivity index (χ2v) is 3.25. The number of unbranched alkanes of at least 4 members (excludes halogenated alkanes) is 1. The summed E-state index contributed by atoms with van der Waals surface area (Å²) >= 11 is 0. The number of benzene rings is 1. The van der Waals surface area contributed by atoms with Crippen LogP contribution in [0.2, 0.25) is 0 Å². The average molecular weight is 294 g/mol. The van der Waals surface area contributed by atoms with Gasteiger partial charge in [-0.25, -0.2) is 5.48 Å². The topological polar surface area (TPSA) is 64.4 Å². The Kier molecular flexibility index (Phi) is 12.9. The van der Waals surface area contributed by atoms with E-state index in [-0.39, 0.29) is 0 Å². The lowest BCUT2D eigenvalue weighted by molar-refractivity contribution is -0.137. The molecule has 7 heteroatoms. The van der Waals surface area contributed by atoms with Gasteiger partial charge < -0.3 is 4.79 Å². The number of carbonyl (C=O) groups excluding carboxylic acids is 1. The zero-order valence-electron chi connectivity index (χ0n) is 11.8. The number of hydrogen-bond donors (Lipinski definition) is 2. The molecular formula is C13H21F3N2O2. The van der Waals surface area contributed by atoms with E-state index in [4.69, 9.17) is 0 Å². The van der Waals surface area contributed by atoms with Crippen LogP contribution < -0.4 is 11.4 Å². The molecule has 0 saturated heterocycles. The molecule has 1 aromatic rings. The predicted molar refractivity (Wildman–Crippen MR) is 72.7 cm³/mol. The van der Waals surface area contributed by atoms with E-state index in [1.165, 1.54) is 12.1 Å². The largest absolute Gasteiger partial charge is 0.416 e. The van der Waals surface area contributed by atoms with Gasteiger partial charge in [0.25, 0.3) is 0 Å². The van der Waals surface area contributed by atoms with Gasteiger partial charge in [-0.2, -0.15) is 24.0 Å². The van der Waals surface area contributed by atoms with Crippen molar-refractivity contribution in [2.75, 3.05) is 5.48 Å². The molecule has 0 aromatic heterocycles. The van der Waals surface area contributed by atoms with E-state index in [2.05, 4.69) is 16.3 Å². The number of aldehydes is 1. The molecule has 0 saturated carbocycles. The number of halogens is 3. The van der Waals surface area contributed by atoms with Gasteiger partial charge >= 0.3 is 6.18 Å². The predicted octanol–water partition coefficient (Wildman–Crippen LogP) is 3.93. The third-order valence-corrected chi connectivity index (χ3v) is 1.80. The summed E-state index contributed by atoms with van der Waals surface area (Å²) in [5, 5.41) is 0. The maximum atomic E-state index is 12.0. The van der Waals surface area contributed by atoms with E-state index in [1.807, 2.05) is 20.8 Å². The van der Waals surface area contributed by atoms with Gasteiger partial charge in [0.15, 0.2) is 0 Å². The van der Waals surface area contributed by atoms with Gasteiger partial charge in [0.05, 0.1) is 11.3 Å². The molecule has 0 bridgehead atoms. The Bertz CT molecular complexity index is 340. The Labute approximate surface area is 117 Å². The van der Waals surface area contributed by atoms with Gasteiger partial charge in [0.2, 0.25) is 0 Å². The summed E-state index contributed by atoms with van der Waals surface area (Å²) in [6, 6.07) is 4.30. The Hall–Kier alpha value is -1.60. The summed E-state index contributed by atoms with van der Waals surface area (Å²) in [5.41, 5.74) is 1.84. The Balaban J connectivity index is 0. The quantitative estimate of drug-likeness (QED) is 0.652. The Morgan fingerprint density at radius 2 is 1.75 bits per heavy atom. The van der Waals surface area contributed by atoms with Crippen LogP contribution in [0.4, 0.5) is 18.9 Å². The van der Waals surface area contributed by atoms with E-state index in [0.717, 1.165) is 24.8 Å². The Morgan fingerprint density at radius 1 is 1.25 bits per heavy atom. The highest BCUT2D eigenvalue weighted by atomic mass is 19.4. The average Bonchev–Trinajstić information content (AvgIpc) is 2.43. The number of nitrogens with two attached hydrogens (primary N) is 1. The molecule has 0 atom stereocenters. The summed E-state index contributed by atoms with van der Waals surface area (Å²) in [7, 11) is 0. The fourth-order valence-electron chi connectivity index (χ4n) is 0.913. The molecule has 3 N–H and O–H groups in total. The third-order valence-electron chi connectivity index (χ3n) is 1.80. The molecule has 116 valence electrons. The van der Waals surface area contributed by atoms with Crippen LogP contribution in [-0.2, 0) is 15.9 Å². The van der Waals surface area contributed by atoms with Crippen LogP contribution >= 0.6 is 0 Å². The number of hydrogen-bond acceptors (Lipinski definition) is 4. The zero-order valence-corrected chi connectivity index (χ0v) is 11.8. The molecule has 0 amide bonds. The molecule has 1 aromatic carbocycles. The van der Waals surface area contributed by atoms with Crippen molar-refractivity contribution in [1.82, 2.24) is 0 Å². The standard InChI is InChI=1S/C7H7F3N2O.C4H8O.C2H6/c8-7(9,10)5-1-3-6(4-2-5)12-13-11;1-2-3-4-5;1-2/h1-4,12H,11H2;4H,2-3H2,1H3;1-2H3. The third kappa shape index (κ3) is 10.3. The van der Waals surface area contributed by atoms with Crippen molar-refractivity contribution in [2.24, 2.45) is 5.90 Å². The summed E-state index contributed by atoms with van der Waals surface area (Å²) < 4.78 is 36.1. The molecule has 0 unspecified atom stereocenters. The fraction of sp³-hybridized carbons (Fsp3) is 0.462. The lowest BCUT2D eigenvalue weighted by Gasteiger charge is -2.07. The van der Waals surface area contributed by atoms with Gasteiger partial charge in [0, 0.05) is 6.42 Å². The molecule has 0 fully saturated rings. The molecule has 4 nitrogen and oxygen atoms in total. The summed E-state index contributed by atoms with van der Waals surface area (Å²) in [5.74, 6) is 4.65. The minimum absolute atomic E-state index is 0.357. The second kappa shape index (κ2) is 12.4. The van der Waals surface area contributed by atoms with Crippen LogP contribution in [0.1, 0.15) is 39.2 Å². The zero-order chi connectivity index (χ0) is 16.0. The van der Waals surface area contributed by atoms with Gasteiger partial charge in [0.1, 0.15) is 6.29 Å². The molecule has 0 aliphatic rings. The van der Waals surface area contributed by atoms with E-state index >= 15 is 0 Å². The molecule has 1 rings (SSSR count). The van der Waals surface area contributed by atoms with Crippen molar-refractivity contribution in [1.29, 1.82) is 0 Å². The number of rotatable bonds is 4. The molecule has 0 aliphatic heterocycles. The van der Waals surface area contributed by atoms with Gasteiger partial charge in [-0.05, 0) is 30.7 Å². The van der Waals surface area contributed by atoms with E-state index in [1.54, 1.807) is 0 Å². The Morgan fingerprint density at radius 3 is 2.00 bits per heavy atom. The van der Waals surface area contributed by atoms with Crippen molar-refractivity contribution < 1.29 is 22.9 Å². The first-order valence-corrected chi connectivity index (χ1v) is 6.18. The van der Waals surface area contributed by atoms with Gasteiger partial charge in [-0.1, -0.05) is 20.8 Å². The van der Waals surface area contributed by atoms with E-state index < -0.39 is 11.7 Å². The van der Waals surface area contributed by atoms with Gasteiger partial charge in [-0.3, -0.25) is 0 Å². The first-order valence-electron chi connectivity index (χ1n) is 6.18. The van der Waals surface area contributed by atoms with Crippen LogP contribution in [0, 0.1) is 0 Å². The monoisotopic (exact) mass is 294 g/mol. The maximum Gasteiger partial charge on any atom is 0.416 e. The molecule has 0 spiro atoms. The number of anilines is 1. The van der Waals surface area contributed by atoms with E-state index in [0.29, 0.717) is 12.1 Å². The lowest BCUT2D eigenvalue weighted by Crippen LogP contribution is -2.08. The highest BCUT2D eigenvalue weighted by molar-refractivity contribution is 5.48. The van der Waals surface area contributed by atoms with Crippen molar-refractivity contribution >= 4 is 12.0 Å². The number of alkyl halides is 3.